The highest BCUT2D eigenvalue weighted by Crippen LogP contribution is 2.40. The molecule has 0 aliphatic carbocycles. The van der Waals surface area contributed by atoms with Gasteiger partial charge in [0.1, 0.15) is 11.5 Å². The number of rotatable bonds is 8. The molecule has 1 aliphatic heterocycles. The Morgan fingerprint density at radius 3 is 2.27 bits per heavy atom. The number of likely N-dealkylation sites (tertiary alicyclic amines) is 1. The summed E-state index contributed by atoms with van der Waals surface area (Å²) in [6.45, 7) is 12.6. The van der Waals surface area contributed by atoms with Crippen LogP contribution in [0, 0.1) is 6.92 Å². The molecule has 1 fully saturated rings. The number of ether oxygens (including phenoxy) is 1. The maximum atomic E-state index is 13.1. The molecular weight excluding hydrogens is 414 g/mol. The zero-order valence-electron chi connectivity index (χ0n) is 20.5. The first-order valence-electron chi connectivity index (χ1n) is 11.8. The van der Waals surface area contributed by atoms with Crippen molar-refractivity contribution in [2.75, 3.05) is 6.54 Å². The number of benzene rings is 2. The summed E-state index contributed by atoms with van der Waals surface area (Å²) < 4.78 is 5.80. The molecule has 0 bridgehead atoms. The van der Waals surface area contributed by atoms with Crippen molar-refractivity contribution in [2.45, 2.75) is 72.4 Å². The van der Waals surface area contributed by atoms with Gasteiger partial charge >= 0.3 is 0 Å². The van der Waals surface area contributed by atoms with Crippen LogP contribution >= 0.6 is 0 Å². The topological polar surface area (TPSA) is 66.8 Å². The first-order chi connectivity index (χ1) is 15.6. The van der Waals surface area contributed by atoms with E-state index in [2.05, 4.69) is 13.8 Å². The number of unbranched alkanes of at least 4 members (excludes halogenated alkanes) is 1. The Morgan fingerprint density at radius 2 is 1.73 bits per heavy atom. The molecule has 1 atom stereocenters. The Bertz CT molecular complexity index is 1050. The van der Waals surface area contributed by atoms with Gasteiger partial charge in [-0.3, -0.25) is 9.59 Å². The Morgan fingerprint density at radius 1 is 1.06 bits per heavy atom. The van der Waals surface area contributed by atoms with Crippen LogP contribution in [0.4, 0.5) is 0 Å². The number of hydrogen-bond donors (Lipinski definition) is 1. The summed E-state index contributed by atoms with van der Waals surface area (Å²) in [4.78, 5) is 27.7. The first-order valence-corrected chi connectivity index (χ1v) is 11.8. The lowest BCUT2D eigenvalue weighted by atomic mass is 9.93. The van der Waals surface area contributed by atoms with Crippen molar-refractivity contribution in [1.82, 2.24) is 4.90 Å². The Labute approximate surface area is 197 Å². The van der Waals surface area contributed by atoms with Gasteiger partial charge in [-0.15, -0.1) is 0 Å². The molecule has 33 heavy (non-hydrogen) atoms. The number of amides is 1. The molecular formula is C28H35NO4. The predicted octanol–water partition coefficient (Wildman–Crippen LogP) is 6.13. The highest BCUT2D eigenvalue weighted by atomic mass is 16.5. The van der Waals surface area contributed by atoms with Crippen LogP contribution in [0.5, 0.6) is 5.75 Å². The van der Waals surface area contributed by atoms with Gasteiger partial charge in [0.05, 0.1) is 17.7 Å². The Hall–Kier alpha value is -3.08. The zero-order chi connectivity index (χ0) is 24.3. The van der Waals surface area contributed by atoms with Crippen LogP contribution in [0.2, 0.25) is 0 Å². The fraction of sp³-hybridized carbons (Fsp3) is 0.429. The lowest BCUT2D eigenvalue weighted by molar-refractivity contribution is -0.139. The van der Waals surface area contributed by atoms with E-state index in [1.807, 2.05) is 52.0 Å². The van der Waals surface area contributed by atoms with E-state index in [9.17, 15) is 14.7 Å². The second-order valence-corrected chi connectivity index (χ2v) is 9.31. The predicted molar refractivity (Wildman–Crippen MR) is 131 cm³/mol. The summed E-state index contributed by atoms with van der Waals surface area (Å²) >= 11 is 0. The van der Waals surface area contributed by atoms with Gasteiger partial charge in [0.15, 0.2) is 0 Å². The lowest BCUT2D eigenvalue weighted by Gasteiger charge is -2.25. The molecule has 5 nitrogen and oxygen atoms in total. The third kappa shape index (κ3) is 5.13. The Kier molecular flexibility index (Phi) is 7.62. The minimum absolute atomic E-state index is 0.0286. The van der Waals surface area contributed by atoms with Crippen LogP contribution in [0.15, 0.2) is 48.0 Å². The molecule has 0 saturated carbocycles. The summed E-state index contributed by atoms with van der Waals surface area (Å²) in [6, 6.07) is 12.7. The van der Waals surface area contributed by atoms with Crippen LogP contribution in [0.3, 0.4) is 0 Å². The number of carbonyl (C=O) groups excluding carboxylic acids is 2. The molecule has 0 spiro atoms. The van der Waals surface area contributed by atoms with Crippen molar-refractivity contribution in [2.24, 2.45) is 0 Å². The van der Waals surface area contributed by atoms with Gasteiger partial charge in [-0.2, -0.15) is 0 Å². The van der Waals surface area contributed by atoms with E-state index >= 15 is 0 Å². The van der Waals surface area contributed by atoms with Gasteiger partial charge in [0.2, 0.25) is 0 Å². The maximum absolute atomic E-state index is 13.1. The summed E-state index contributed by atoms with van der Waals surface area (Å²) in [5.74, 6) is -0.239. The van der Waals surface area contributed by atoms with E-state index in [-0.39, 0.29) is 17.4 Å². The van der Waals surface area contributed by atoms with Gasteiger partial charge in [0.25, 0.3) is 11.7 Å². The number of aliphatic hydroxyl groups excluding tert-OH is 1. The highest BCUT2D eigenvalue weighted by Gasteiger charge is 2.45. The van der Waals surface area contributed by atoms with Crippen molar-refractivity contribution >= 4 is 17.4 Å². The van der Waals surface area contributed by atoms with E-state index in [1.165, 1.54) is 5.56 Å². The molecule has 1 amide bonds. The van der Waals surface area contributed by atoms with Crippen molar-refractivity contribution in [3.63, 3.8) is 0 Å². The highest BCUT2D eigenvalue weighted by molar-refractivity contribution is 6.46. The van der Waals surface area contributed by atoms with Crippen LogP contribution < -0.4 is 4.74 Å². The molecule has 176 valence electrons. The summed E-state index contributed by atoms with van der Waals surface area (Å²) in [5, 5.41) is 11.3. The molecule has 1 saturated heterocycles. The molecule has 0 aromatic heterocycles. The number of Topliss-reactive ketones (excluding diaryl/α,β-unsaturated/α-hetero) is 1. The minimum atomic E-state index is -0.637. The van der Waals surface area contributed by atoms with Crippen LogP contribution in [0.25, 0.3) is 5.76 Å². The number of carbonyl (C=O) groups is 2. The van der Waals surface area contributed by atoms with Gasteiger partial charge in [-0.1, -0.05) is 51.5 Å². The largest absolute Gasteiger partial charge is 0.507 e. The molecule has 2 aromatic carbocycles. The quantitative estimate of drug-likeness (QED) is 0.299. The Balaban J connectivity index is 2.11. The smallest absolute Gasteiger partial charge is 0.295 e. The third-order valence-corrected chi connectivity index (χ3v) is 6.02. The van der Waals surface area contributed by atoms with E-state index in [0.29, 0.717) is 18.0 Å². The monoisotopic (exact) mass is 449 g/mol. The van der Waals surface area contributed by atoms with Crippen molar-refractivity contribution in [3.8, 4) is 5.75 Å². The molecule has 3 rings (SSSR count). The van der Waals surface area contributed by atoms with Gasteiger partial charge in [-0.25, -0.2) is 0 Å². The first kappa shape index (κ1) is 24.6. The fourth-order valence-corrected chi connectivity index (χ4v) is 4.19. The summed E-state index contributed by atoms with van der Waals surface area (Å²) in [6.07, 6.45) is 1.72. The van der Waals surface area contributed by atoms with Gasteiger partial charge in [0, 0.05) is 12.1 Å². The number of aliphatic hydroxyl groups is 1. The van der Waals surface area contributed by atoms with Crippen molar-refractivity contribution in [3.05, 3.63) is 70.3 Å². The second-order valence-electron chi connectivity index (χ2n) is 9.31. The fourth-order valence-electron chi connectivity index (χ4n) is 4.19. The van der Waals surface area contributed by atoms with Crippen LogP contribution in [0.1, 0.15) is 81.7 Å². The van der Waals surface area contributed by atoms with Crippen LogP contribution in [-0.4, -0.2) is 34.3 Å². The number of aryl methyl sites for hydroxylation is 1. The third-order valence-electron chi connectivity index (χ3n) is 6.02. The normalized spacial score (nSPS) is 17.9. The van der Waals surface area contributed by atoms with Gasteiger partial charge in [-0.05, 0) is 68.0 Å². The van der Waals surface area contributed by atoms with E-state index in [0.717, 1.165) is 29.7 Å². The molecule has 1 aliphatic rings. The van der Waals surface area contributed by atoms with E-state index in [4.69, 9.17) is 4.74 Å². The maximum Gasteiger partial charge on any atom is 0.295 e. The second kappa shape index (κ2) is 10.2. The molecule has 5 heteroatoms. The average Bonchev–Trinajstić information content (AvgIpc) is 3.03. The number of ketones is 1. The van der Waals surface area contributed by atoms with E-state index in [1.54, 1.807) is 23.1 Å². The standard InChI is InChI=1S/C28H35NO4/c1-7-8-15-29-25(21-11-9-20(10-12-21)17(2)3)24(27(31)28(29)32)26(30)22-13-14-23(19(6)16-22)33-18(4)5/h9-14,16-18,25,30H,7-8,15H2,1-6H3/b26-24-. The SMILES string of the molecule is CCCCN1C(=O)C(=O)/C(=C(\O)c2ccc(OC(C)C)c(C)c2)C1c1ccc(C(C)C)cc1. The molecule has 1 N–H and O–H groups in total. The molecule has 1 unspecified atom stereocenters. The summed E-state index contributed by atoms with van der Waals surface area (Å²) in [7, 11) is 0. The van der Waals surface area contributed by atoms with E-state index < -0.39 is 17.7 Å². The van der Waals surface area contributed by atoms with Crippen LogP contribution in [-0.2, 0) is 9.59 Å². The molecule has 0 radical (unpaired) electrons. The molecule has 2 aromatic rings. The number of nitrogens with zero attached hydrogens (tertiary/aromatic N) is 1. The summed E-state index contributed by atoms with van der Waals surface area (Å²) in [5.41, 5.74) is 3.50. The van der Waals surface area contributed by atoms with Crippen molar-refractivity contribution in [1.29, 1.82) is 0 Å². The minimum Gasteiger partial charge on any atom is -0.507 e. The molecule has 1 heterocycles. The average molecular weight is 450 g/mol. The lowest BCUT2D eigenvalue weighted by Crippen LogP contribution is -2.30. The van der Waals surface area contributed by atoms with Crippen molar-refractivity contribution < 1.29 is 19.4 Å². The number of hydrogen-bond acceptors (Lipinski definition) is 4. The zero-order valence-corrected chi connectivity index (χ0v) is 20.5. The van der Waals surface area contributed by atoms with Gasteiger partial charge < -0.3 is 14.7 Å².